The summed E-state index contributed by atoms with van der Waals surface area (Å²) >= 11 is 18.6. The Bertz CT molecular complexity index is 1040. The molecule has 0 radical (unpaired) electrons. The second-order valence-corrected chi connectivity index (χ2v) is 8.67. The van der Waals surface area contributed by atoms with Gasteiger partial charge in [-0.05, 0) is 54.4 Å². The molecule has 162 valence electrons. The lowest BCUT2D eigenvalue weighted by Crippen LogP contribution is -2.25. The Labute approximate surface area is 198 Å². The minimum absolute atomic E-state index is 0.190. The molecule has 0 unspecified atom stereocenters. The van der Waals surface area contributed by atoms with Crippen LogP contribution >= 0.6 is 34.8 Å². The molecule has 1 heterocycles. The second-order valence-electron chi connectivity index (χ2n) is 7.39. The van der Waals surface area contributed by atoms with Crippen molar-refractivity contribution < 1.29 is 4.79 Å². The van der Waals surface area contributed by atoms with E-state index in [0.717, 1.165) is 24.0 Å². The zero-order valence-electron chi connectivity index (χ0n) is 17.4. The molecule has 0 aliphatic rings. The normalized spacial score (nSPS) is 10.8. The Morgan fingerprint density at radius 1 is 0.839 bits per heavy atom. The second kappa shape index (κ2) is 11.5. The summed E-state index contributed by atoms with van der Waals surface area (Å²) in [6, 6.07) is 16.4. The van der Waals surface area contributed by atoms with Crippen molar-refractivity contribution >= 4 is 40.7 Å². The molecule has 0 bridgehead atoms. The maximum absolute atomic E-state index is 12.7. The molecule has 0 atom stereocenters. The number of amides is 1. The van der Waals surface area contributed by atoms with Crippen LogP contribution in [0, 0.1) is 0 Å². The summed E-state index contributed by atoms with van der Waals surface area (Å²) < 4.78 is 0. The van der Waals surface area contributed by atoms with E-state index in [9.17, 15) is 4.79 Å². The van der Waals surface area contributed by atoms with E-state index < -0.39 is 0 Å². The lowest BCUT2D eigenvalue weighted by molar-refractivity contribution is 0.0948. The van der Waals surface area contributed by atoms with E-state index in [0.29, 0.717) is 38.6 Å². The van der Waals surface area contributed by atoms with Gasteiger partial charge in [0.25, 0.3) is 5.91 Å². The van der Waals surface area contributed by atoms with E-state index in [1.54, 1.807) is 18.2 Å². The zero-order valence-corrected chi connectivity index (χ0v) is 19.7. The Hall–Kier alpha value is -2.07. The van der Waals surface area contributed by atoms with Crippen LogP contribution in [-0.4, -0.2) is 17.4 Å². The number of nitrogens with zero attached hydrogens (tertiary/aromatic N) is 1. The fourth-order valence-corrected chi connectivity index (χ4v) is 3.98. The van der Waals surface area contributed by atoms with Crippen LogP contribution in [0.5, 0.6) is 0 Å². The van der Waals surface area contributed by atoms with Crippen molar-refractivity contribution in [3.63, 3.8) is 0 Å². The van der Waals surface area contributed by atoms with Crippen LogP contribution in [0.25, 0.3) is 22.4 Å². The predicted octanol–water partition coefficient (Wildman–Crippen LogP) is 8.08. The van der Waals surface area contributed by atoms with Gasteiger partial charge in [-0.25, -0.2) is 4.98 Å². The summed E-state index contributed by atoms with van der Waals surface area (Å²) in [5.41, 5.74) is 3.48. The van der Waals surface area contributed by atoms with Gasteiger partial charge in [-0.3, -0.25) is 4.79 Å². The van der Waals surface area contributed by atoms with Gasteiger partial charge in [0.05, 0.1) is 10.7 Å². The highest BCUT2D eigenvalue weighted by atomic mass is 35.5. The first kappa shape index (κ1) is 23.6. The number of aromatic nitrogens is 1. The highest BCUT2D eigenvalue weighted by Crippen LogP contribution is 2.36. The van der Waals surface area contributed by atoms with Crippen LogP contribution in [0.4, 0.5) is 0 Å². The van der Waals surface area contributed by atoms with Gasteiger partial charge in [-0.15, -0.1) is 0 Å². The molecule has 2 aromatic carbocycles. The fraction of sp³-hybridized carbons (Fsp3) is 0.280. The minimum Gasteiger partial charge on any atom is -0.351 e. The first-order chi connectivity index (χ1) is 15.0. The van der Waals surface area contributed by atoms with Gasteiger partial charge < -0.3 is 5.32 Å². The quantitative estimate of drug-likeness (QED) is 0.318. The lowest BCUT2D eigenvalue weighted by Gasteiger charge is -2.13. The number of halogens is 3. The highest BCUT2D eigenvalue weighted by Gasteiger charge is 2.16. The van der Waals surface area contributed by atoms with Crippen LogP contribution < -0.4 is 5.32 Å². The Morgan fingerprint density at radius 3 is 2.23 bits per heavy atom. The van der Waals surface area contributed by atoms with Gasteiger partial charge in [-0.2, -0.15) is 0 Å². The van der Waals surface area contributed by atoms with Crippen molar-refractivity contribution in [2.45, 2.75) is 39.0 Å². The summed E-state index contributed by atoms with van der Waals surface area (Å²) in [6.07, 6.45) is 5.70. The van der Waals surface area contributed by atoms with Gasteiger partial charge in [0.15, 0.2) is 0 Å². The number of pyridine rings is 1. The lowest BCUT2D eigenvalue weighted by atomic mass is 9.98. The standard InChI is InChI=1S/C25H25Cl3N2O/c1-2-3-4-5-6-15-29-25(31)23-14-13-20(17-7-9-18(26)10-8-17)24(30-23)21-12-11-19(27)16-22(21)28/h7-14,16H,2-6,15H2,1H3,(H,29,31). The van der Waals surface area contributed by atoms with Crippen molar-refractivity contribution in [1.82, 2.24) is 10.3 Å². The largest absolute Gasteiger partial charge is 0.351 e. The summed E-state index contributed by atoms with van der Waals surface area (Å²) in [7, 11) is 0. The number of carbonyl (C=O) groups excluding carboxylic acids is 1. The third kappa shape index (κ3) is 6.46. The number of benzene rings is 2. The van der Waals surface area contributed by atoms with Gasteiger partial charge in [0, 0.05) is 27.7 Å². The van der Waals surface area contributed by atoms with E-state index in [-0.39, 0.29) is 5.91 Å². The third-order valence-electron chi connectivity index (χ3n) is 5.04. The molecule has 0 saturated heterocycles. The molecule has 0 aliphatic heterocycles. The van der Waals surface area contributed by atoms with Crippen molar-refractivity contribution in [3.8, 4) is 22.4 Å². The van der Waals surface area contributed by atoms with Gasteiger partial charge in [0.2, 0.25) is 0 Å². The van der Waals surface area contributed by atoms with Crippen LogP contribution in [0.1, 0.15) is 49.5 Å². The average Bonchev–Trinajstić information content (AvgIpc) is 2.76. The smallest absolute Gasteiger partial charge is 0.269 e. The molecule has 31 heavy (non-hydrogen) atoms. The molecule has 0 spiro atoms. The van der Waals surface area contributed by atoms with E-state index >= 15 is 0 Å². The Balaban J connectivity index is 1.89. The first-order valence-corrected chi connectivity index (χ1v) is 11.6. The van der Waals surface area contributed by atoms with Gasteiger partial charge >= 0.3 is 0 Å². The summed E-state index contributed by atoms with van der Waals surface area (Å²) in [5.74, 6) is -0.190. The number of hydrogen-bond acceptors (Lipinski definition) is 2. The predicted molar refractivity (Wildman–Crippen MR) is 131 cm³/mol. The minimum atomic E-state index is -0.190. The number of nitrogens with one attached hydrogen (secondary N) is 1. The monoisotopic (exact) mass is 474 g/mol. The zero-order chi connectivity index (χ0) is 22.2. The molecule has 6 heteroatoms. The summed E-state index contributed by atoms with van der Waals surface area (Å²) in [6.45, 7) is 2.83. The van der Waals surface area contributed by atoms with Gasteiger partial charge in [0.1, 0.15) is 5.69 Å². The summed E-state index contributed by atoms with van der Waals surface area (Å²) in [5, 5.41) is 4.64. The highest BCUT2D eigenvalue weighted by molar-refractivity contribution is 6.36. The molecule has 3 aromatic rings. The van der Waals surface area contributed by atoms with Gasteiger partial charge in [-0.1, -0.05) is 79.5 Å². The van der Waals surface area contributed by atoms with E-state index in [2.05, 4.69) is 17.2 Å². The molecular formula is C25H25Cl3N2O. The number of unbranched alkanes of at least 4 members (excludes halogenated alkanes) is 4. The van der Waals surface area contributed by atoms with Crippen LogP contribution in [-0.2, 0) is 0 Å². The SMILES string of the molecule is CCCCCCCNC(=O)c1ccc(-c2ccc(Cl)cc2)c(-c2ccc(Cl)cc2Cl)n1. The molecule has 1 aromatic heterocycles. The summed E-state index contributed by atoms with van der Waals surface area (Å²) in [4.78, 5) is 17.4. The fourth-order valence-electron chi connectivity index (χ4n) is 3.36. The maximum Gasteiger partial charge on any atom is 0.269 e. The molecule has 1 amide bonds. The third-order valence-corrected chi connectivity index (χ3v) is 5.84. The molecule has 3 rings (SSSR count). The van der Waals surface area contributed by atoms with E-state index in [1.165, 1.54) is 19.3 Å². The Kier molecular flexibility index (Phi) is 8.77. The average molecular weight is 476 g/mol. The van der Waals surface area contributed by atoms with Crippen molar-refractivity contribution in [2.75, 3.05) is 6.54 Å². The Morgan fingerprint density at radius 2 is 1.52 bits per heavy atom. The van der Waals surface area contributed by atoms with Crippen molar-refractivity contribution in [2.24, 2.45) is 0 Å². The maximum atomic E-state index is 12.7. The first-order valence-electron chi connectivity index (χ1n) is 10.5. The van der Waals surface area contributed by atoms with Crippen molar-refractivity contribution in [3.05, 3.63) is 75.4 Å². The molecular weight excluding hydrogens is 451 g/mol. The molecule has 1 N–H and O–H groups in total. The molecule has 0 fully saturated rings. The van der Waals surface area contributed by atoms with Crippen LogP contribution in [0.2, 0.25) is 15.1 Å². The molecule has 0 saturated carbocycles. The number of carbonyl (C=O) groups is 1. The van der Waals surface area contributed by atoms with E-state index in [1.807, 2.05) is 36.4 Å². The number of hydrogen-bond donors (Lipinski definition) is 1. The topological polar surface area (TPSA) is 42.0 Å². The number of rotatable bonds is 9. The van der Waals surface area contributed by atoms with Crippen LogP contribution in [0.3, 0.4) is 0 Å². The molecule has 3 nitrogen and oxygen atoms in total. The molecule has 0 aliphatic carbocycles. The van der Waals surface area contributed by atoms with Crippen molar-refractivity contribution in [1.29, 1.82) is 0 Å². The van der Waals surface area contributed by atoms with E-state index in [4.69, 9.17) is 34.8 Å². The van der Waals surface area contributed by atoms with Crippen LogP contribution in [0.15, 0.2) is 54.6 Å².